The van der Waals surface area contributed by atoms with Crippen LogP contribution in [-0.2, 0) is 9.59 Å². The van der Waals surface area contributed by atoms with Crippen LogP contribution in [0, 0.1) is 0 Å². The number of nitrogens with one attached hydrogen (secondary N) is 4. The van der Waals surface area contributed by atoms with Crippen molar-refractivity contribution in [3.05, 3.63) is 52.8 Å². The van der Waals surface area contributed by atoms with Crippen LogP contribution >= 0.6 is 0 Å². The number of benzene rings is 2. The summed E-state index contributed by atoms with van der Waals surface area (Å²) in [6.07, 6.45) is 3.25. The first-order valence-corrected chi connectivity index (χ1v) is 10.4. The summed E-state index contributed by atoms with van der Waals surface area (Å²) in [4.78, 5) is 38.8. The highest BCUT2D eigenvalue weighted by molar-refractivity contribution is 6.07. The summed E-state index contributed by atoms with van der Waals surface area (Å²) in [7, 11) is 0. The van der Waals surface area contributed by atoms with Crippen molar-refractivity contribution in [3.63, 3.8) is 0 Å². The van der Waals surface area contributed by atoms with E-state index in [2.05, 4.69) is 27.9 Å². The minimum Gasteiger partial charge on any atom is -0.356 e. The van der Waals surface area contributed by atoms with Crippen LogP contribution in [-0.4, -0.2) is 36.4 Å². The number of carbonyl (C=O) groups is 2. The number of anilines is 1. The van der Waals surface area contributed by atoms with Gasteiger partial charge in [-0.2, -0.15) is 0 Å². The van der Waals surface area contributed by atoms with E-state index in [-0.39, 0.29) is 23.9 Å². The highest BCUT2D eigenvalue weighted by Gasteiger charge is 2.07. The van der Waals surface area contributed by atoms with E-state index in [9.17, 15) is 14.4 Å². The Morgan fingerprint density at radius 2 is 1.73 bits per heavy atom. The van der Waals surface area contributed by atoms with Gasteiger partial charge >= 0.3 is 0 Å². The lowest BCUT2D eigenvalue weighted by Gasteiger charge is -2.09. The average molecular weight is 409 g/mol. The van der Waals surface area contributed by atoms with E-state index in [1.165, 1.54) is 0 Å². The van der Waals surface area contributed by atoms with Gasteiger partial charge in [-0.25, -0.2) is 0 Å². The molecular weight excluding hydrogens is 380 g/mol. The third-order valence-electron chi connectivity index (χ3n) is 4.91. The number of carbonyl (C=O) groups excluding carboxylic acids is 2. The third-order valence-corrected chi connectivity index (χ3v) is 4.91. The standard InChI is InChI=1S/C23H28N4O3/c1-2-3-9-21(28)25-13-6-12-24-15-22(29)26-16-10-11-20-19(14-16)17-7-4-5-8-18(17)23(30)27-20/h4-5,7-8,10-11,14,24H,2-3,6,9,12-13,15H2,1H3,(H,25,28)(H,26,29)(H,27,30). The first-order chi connectivity index (χ1) is 14.6. The van der Waals surface area contributed by atoms with Crippen molar-refractivity contribution in [3.8, 4) is 0 Å². The molecule has 0 unspecified atom stereocenters. The Hall–Kier alpha value is -3.19. The molecule has 0 aliphatic carbocycles. The van der Waals surface area contributed by atoms with E-state index in [1.54, 1.807) is 18.2 Å². The van der Waals surface area contributed by atoms with E-state index in [0.717, 1.165) is 35.6 Å². The Balaban J connectivity index is 1.50. The fraction of sp³-hybridized carbons (Fsp3) is 0.348. The molecular formula is C23H28N4O3. The molecule has 4 N–H and O–H groups in total. The molecule has 2 aromatic carbocycles. The molecule has 0 bridgehead atoms. The number of hydrogen-bond donors (Lipinski definition) is 4. The van der Waals surface area contributed by atoms with Crippen LogP contribution < -0.4 is 21.5 Å². The van der Waals surface area contributed by atoms with E-state index in [1.807, 2.05) is 24.3 Å². The quantitative estimate of drug-likeness (QED) is 0.306. The van der Waals surface area contributed by atoms with Crippen LogP contribution in [0.1, 0.15) is 32.6 Å². The molecule has 0 aliphatic rings. The number of rotatable bonds is 10. The number of pyridine rings is 1. The molecule has 0 atom stereocenters. The third kappa shape index (κ3) is 5.67. The van der Waals surface area contributed by atoms with Crippen molar-refractivity contribution >= 4 is 39.2 Å². The Morgan fingerprint density at radius 1 is 0.933 bits per heavy atom. The van der Waals surface area contributed by atoms with Gasteiger partial charge in [-0.1, -0.05) is 31.5 Å². The fourth-order valence-corrected chi connectivity index (χ4v) is 3.33. The predicted octanol–water partition coefficient (Wildman–Crippen LogP) is 2.91. The van der Waals surface area contributed by atoms with Crippen LogP contribution in [0.25, 0.3) is 21.7 Å². The molecule has 1 heterocycles. The number of aromatic amines is 1. The number of H-pyrrole nitrogens is 1. The first kappa shape index (κ1) is 21.5. The molecule has 30 heavy (non-hydrogen) atoms. The first-order valence-electron chi connectivity index (χ1n) is 10.4. The second-order valence-corrected chi connectivity index (χ2v) is 7.29. The van der Waals surface area contributed by atoms with Gasteiger partial charge in [0, 0.05) is 34.9 Å². The number of unbranched alkanes of at least 4 members (excludes halogenated alkanes) is 1. The van der Waals surface area contributed by atoms with Crippen LogP contribution in [0.4, 0.5) is 5.69 Å². The maximum absolute atomic E-state index is 12.2. The SMILES string of the molecule is CCCCC(=O)NCCCNCC(=O)Nc1ccc2[nH]c(=O)c3ccccc3c2c1. The topological polar surface area (TPSA) is 103 Å². The maximum Gasteiger partial charge on any atom is 0.256 e. The summed E-state index contributed by atoms with van der Waals surface area (Å²) < 4.78 is 0. The van der Waals surface area contributed by atoms with Crippen LogP contribution in [0.2, 0.25) is 0 Å². The van der Waals surface area contributed by atoms with Gasteiger partial charge in [0.25, 0.3) is 5.56 Å². The zero-order chi connectivity index (χ0) is 21.3. The van der Waals surface area contributed by atoms with Crippen LogP contribution in [0.5, 0.6) is 0 Å². The molecule has 0 aliphatic heterocycles. The van der Waals surface area contributed by atoms with Gasteiger partial charge in [0.15, 0.2) is 0 Å². The molecule has 158 valence electrons. The average Bonchev–Trinajstić information content (AvgIpc) is 2.75. The Labute approximate surface area is 175 Å². The number of aromatic nitrogens is 1. The predicted molar refractivity (Wildman–Crippen MR) is 121 cm³/mol. The Morgan fingerprint density at radius 3 is 2.53 bits per heavy atom. The summed E-state index contributed by atoms with van der Waals surface area (Å²) in [5.74, 6) is -0.0603. The minimum atomic E-state index is -0.143. The zero-order valence-electron chi connectivity index (χ0n) is 17.2. The minimum absolute atomic E-state index is 0.0831. The Kier molecular flexibility index (Phi) is 7.57. The summed E-state index contributed by atoms with van der Waals surface area (Å²) >= 11 is 0. The molecule has 3 rings (SSSR count). The Bertz CT molecular complexity index is 1090. The largest absolute Gasteiger partial charge is 0.356 e. The van der Waals surface area contributed by atoms with Gasteiger partial charge in [-0.05, 0) is 49.0 Å². The van der Waals surface area contributed by atoms with Gasteiger partial charge < -0.3 is 20.9 Å². The van der Waals surface area contributed by atoms with Crippen molar-refractivity contribution in [2.24, 2.45) is 0 Å². The fourth-order valence-electron chi connectivity index (χ4n) is 3.33. The second-order valence-electron chi connectivity index (χ2n) is 7.29. The van der Waals surface area contributed by atoms with Crippen LogP contribution in [0.3, 0.4) is 0 Å². The van der Waals surface area contributed by atoms with E-state index in [4.69, 9.17) is 0 Å². The number of hydrogen-bond acceptors (Lipinski definition) is 4. The second kappa shape index (κ2) is 10.5. The summed E-state index contributed by atoms with van der Waals surface area (Å²) in [5, 5.41) is 11.2. The van der Waals surface area contributed by atoms with E-state index >= 15 is 0 Å². The van der Waals surface area contributed by atoms with Gasteiger partial charge in [0.2, 0.25) is 11.8 Å². The highest BCUT2D eigenvalue weighted by Crippen LogP contribution is 2.24. The van der Waals surface area contributed by atoms with Crippen molar-refractivity contribution in [1.82, 2.24) is 15.6 Å². The van der Waals surface area contributed by atoms with Gasteiger partial charge in [0.1, 0.15) is 0 Å². The van der Waals surface area contributed by atoms with E-state index < -0.39 is 0 Å². The molecule has 0 saturated heterocycles. The van der Waals surface area contributed by atoms with Crippen LogP contribution in [0.15, 0.2) is 47.3 Å². The summed E-state index contributed by atoms with van der Waals surface area (Å²) in [6.45, 7) is 3.50. The lowest BCUT2D eigenvalue weighted by atomic mass is 10.1. The molecule has 0 spiro atoms. The lowest BCUT2D eigenvalue weighted by Crippen LogP contribution is -2.31. The maximum atomic E-state index is 12.2. The summed E-state index contributed by atoms with van der Waals surface area (Å²) in [5.41, 5.74) is 1.28. The molecule has 7 heteroatoms. The molecule has 1 aromatic heterocycles. The summed E-state index contributed by atoms with van der Waals surface area (Å²) in [6, 6.07) is 12.9. The molecule has 2 amide bonds. The smallest absolute Gasteiger partial charge is 0.256 e. The number of fused-ring (bicyclic) bond motifs is 3. The van der Waals surface area contributed by atoms with Gasteiger partial charge in [0.05, 0.1) is 6.54 Å². The van der Waals surface area contributed by atoms with Crippen molar-refractivity contribution in [2.75, 3.05) is 25.0 Å². The number of amides is 2. The van der Waals surface area contributed by atoms with E-state index in [0.29, 0.717) is 30.6 Å². The highest BCUT2D eigenvalue weighted by atomic mass is 16.2. The van der Waals surface area contributed by atoms with Crippen molar-refractivity contribution in [1.29, 1.82) is 0 Å². The molecule has 7 nitrogen and oxygen atoms in total. The molecule has 0 fully saturated rings. The molecule has 0 saturated carbocycles. The lowest BCUT2D eigenvalue weighted by molar-refractivity contribution is -0.121. The zero-order valence-corrected chi connectivity index (χ0v) is 17.2. The monoisotopic (exact) mass is 408 g/mol. The normalized spacial score (nSPS) is 11.0. The van der Waals surface area contributed by atoms with Gasteiger partial charge in [-0.3, -0.25) is 14.4 Å². The molecule has 3 aromatic rings. The van der Waals surface area contributed by atoms with Crippen molar-refractivity contribution < 1.29 is 9.59 Å². The van der Waals surface area contributed by atoms with Crippen molar-refractivity contribution in [2.45, 2.75) is 32.6 Å². The molecule has 0 radical (unpaired) electrons. The van der Waals surface area contributed by atoms with Gasteiger partial charge in [-0.15, -0.1) is 0 Å².